The van der Waals surface area contributed by atoms with Crippen LogP contribution in [-0.2, 0) is 12.0 Å². The van der Waals surface area contributed by atoms with Crippen LogP contribution in [0.1, 0.15) is 63.6 Å². The summed E-state index contributed by atoms with van der Waals surface area (Å²) in [7, 11) is 0. The maximum atomic E-state index is 6.21. The molecule has 2 saturated carbocycles. The molecular weight excluding hydrogens is 226 g/mol. The number of nitrogens with two attached hydrogens (primary N) is 1. The summed E-state index contributed by atoms with van der Waals surface area (Å²) in [4.78, 5) is 4.52. The van der Waals surface area contributed by atoms with Gasteiger partial charge in [-0.05, 0) is 43.9 Å². The predicted octanol–water partition coefficient (Wildman–Crippen LogP) is 2.78. The van der Waals surface area contributed by atoms with Crippen LogP contribution in [0.5, 0.6) is 0 Å². The molecule has 100 valence electrons. The molecule has 1 aromatic rings. The first-order valence-corrected chi connectivity index (χ1v) is 7.28. The molecule has 1 heterocycles. The first kappa shape index (κ1) is 12.2. The molecule has 0 saturated heterocycles. The maximum absolute atomic E-state index is 6.21. The largest absolute Gasteiger partial charge is 0.339 e. The first-order chi connectivity index (χ1) is 8.66. The van der Waals surface area contributed by atoms with E-state index in [0.717, 1.165) is 42.8 Å². The molecular formula is C14H23N3O. The van der Waals surface area contributed by atoms with E-state index in [1.807, 2.05) is 0 Å². The standard InChI is InChI=1S/C14H23N3O/c1-10-4-2-5-11(8-10)9-12-16-13(17-18-12)14(15)6-3-7-14/h10-11H,2-9,15H2,1H3. The van der Waals surface area contributed by atoms with Gasteiger partial charge in [-0.1, -0.05) is 24.9 Å². The van der Waals surface area contributed by atoms with Crippen molar-refractivity contribution < 1.29 is 4.52 Å². The lowest BCUT2D eigenvalue weighted by atomic mass is 9.77. The van der Waals surface area contributed by atoms with E-state index >= 15 is 0 Å². The summed E-state index contributed by atoms with van der Waals surface area (Å²) in [6.07, 6.45) is 9.42. The second kappa shape index (κ2) is 4.65. The van der Waals surface area contributed by atoms with Crippen molar-refractivity contribution in [3.8, 4) is 0 Å². The molecule has 0 aliphatic heterocycles. The van der Waals surface area contributed by atoms with Crippen molar-refractivity contribution in [2.45, 2.75) is 63.8 Å². The quantitative estimate of drug-likeness (QED) is 0.894. The molecule has 4 heteroatoms. The van der Waals surface area contributed by atoms with Gasteiger partial charge in [0.2, 0.25) is 5.89 Å². The molecule has 2 atom stereocenters. The van der Waals surface area contributed by atoms with Gasteiger partial charge in [0, 0.05) is 6.42 Å². The van der Waals surface area contributed by atoms with Gasteiger partial charge in [-0.2, -0.15) is 4.98 Å². The van der Waals surface area contributed by atoms with Gasteiger partial charge in [0.1, 0.15) is 0 Å². The topological polar surface area (TPSA) is 64.9 Å². The molecule has 4 nitrogen and oxygen atoms in total. The summed E-state index contributed by atoms with van der Waals surface area (Å²) in [5.74, 6) is 3.09. The number of rotatable bonds is 3. The smallest absolute Gasteiger partial charge is 0.226 e. The Kier molecular flexibility index (Phi) is 3.14. The van der Waals surface area contributed by atoms with E-state index in [0.29, 0.717) is 0 Å². The Balaban J connectivity index is 1.63. The van der Waals surface area contributed by atoms with E-state index in [1.165, 1.54) is 32.1 Å². The van der Waals surface area contributed by atoms with Crippen LogP contribution in [0.15, 0.2) is 4.52 Å². The lowest BCUT2D eigenvalue weighted by Crippen LogP contribution is -2.44. The Labute approximate surface area is 108 Å². The first-order valence-electron chi connectivity index (χ1n) is 7.28. The minimum atomic E-state index is -0.290. The molecule has 3 rings (SSSR count). The Bertz CT molecular complexity index is 411. The average molecular weight is 249 g/mol. The third-order valence-corrected chi connectivity index (χ3v) is 4.67. The lowest BCUT2D eigenvalue weighted by molar-refractivity contribution is 0.227. The van der Waals surface area contributed by atoms with E-state index in [4.69, 9.17) is 10.3 Å². The zero-order valence-corrected chi connectivity index (χ0v) is 11.2. The highest BCUT2D eigenvalue weighted by Gasteiger charge is 2.39. The fourth-order valence-electron chi connectivity index (χ4n) is 3.31. The molecule has 2 unspecified atom stereocenters. The summed E-state index contributed by atoms with van der Waals surface area (Å²) in [5, 5.41) is 4.08. The highest BCUT2D eigenvalue weighted by Crippen LogP contribution is 2.37. The Hall–Kier alpha value is -0.900. The van der Waals surface area contributed by atoms with Crippen LogP contribution in [0.25, 0.3) is 0 Å². The molecule has 2 fully saturated rings. The Morgan fingerprint density at radius 2 is 2.17 bits per heavy atom. The van der Waals surface area contributed by atoms with Crippen LogP contribution in [-0.4, -0.2) is 10.1 Å². The zero-order valence-electron chi connectivity index (χ0n) is 11.2. The van der Waals surface area contributed by atoms with Crippen molar-refractivity contribution in [1.29, 1.82) is 0 Å². The van der Waals surface area contributed by atoms with Crippen LogP contribution >= 0.6 is 0 Å². The van der Waals surface area contributed by atoms with Gasteiger partial charge >= 0.3 is 0 Å². The van der Waals surface area contributed by atoms with Gasteiger partial charge in [-0.15, -0.1) is 0 Å². The molecule has 0 aromatic carbocycles. The van der Waals surface area contributed by atoms with Crippen LogP contribution in [0.3, 0.4) is 0 Å². The van der Waals surface area contributed by atoms with Gasteiger partial charge < -0.3 is 10.3 Å². The van der Waals surface area contributed by atoms with Crippen molar-refractivity contribution in [3.05, 3.63) is 11.7 Å². The van der Waals surface area contributed by atoms with E-state index < -0.39 is 0 Å². The fraction of sp³-hybridized carbons (Fsp3) is 0.857. The van der Waals surface area contributed by atoms with Gasteiger partial charge in [0.25, 0.3) is 0 Å². The van der Waals surface area contributed by atoms with E-state index in [-0.39, 0.29) is 5.54 Å². The minimum Gasteiger partial charge on any atom is -0.339 e. The van der Waals surface area contributed by atoms with Crippen LogP contribution < -0.4 is 5.73 Å². The molecule has 2 N–H and O–H groups in total. The van der Waals surface area contributed by atoms with Crippen LogP contribution in [0, 0.1) is 11.8 Å². The highest BCUT2D eigenvalue weighted by molar-refractivity contribution is 5.08. The van der Waals surface area contributed by atoms with Gasteiger partial charge in [0.15, 0.2) is 5.82 Å². The Morgan fingerprint density at radius 1 is 1.33 bits per heavy atom. The lowest BCUT2D eigenvalue weighted by Gasteiger charge is -2.34. The van der Waals surface area contributed by atoms with Crippen molar-refractivity contribution in [2.24, 2.45) is 17.6 Å². The fourth-order valence-corrected chi connectivity index (χ4v) is 3.31. The van der Waals surface area contributed by atoms with E-state index in [1.54, 1.807) is 0 Å². The van der Waals surface area contributed by atoms with Gasteiger partial charge in [0.05, 0.1) is 5.54 Å². The monoisotopic (exact) mass is 249 g/mol. The third-order valence-electron chi connectivity index (χ3n) is 4.67. The molecule has 0 spiro atoms. The van der Waals surface area contributed by atoms with Crippen molar-refractivity contribution in [1.82, 2.24) is 10.1 Å². The predicted molar refractivity (Wildman–Crippen MR) is 68.8 cm³/mol. The SMILES string of the molecule is CC1CCCC(Cc2nc(C3(N)CCC3)no2)C1. The third kappa shape index (κ3) is 2.30. The maximum Gasteiger partial charge on any atom is 0.226 e. The summed E-state index contributed by atoms with van der Waals surface area (Å²) in [6, 6.07) is 0. The molecule has 0 amide bonds. The Morgan fingerprint density at radius 3 is 2.83 bits per heavy atom. The molecule has 0 bridgehead atoms. The number of hydrogen-bond acceptors (Lipinski definition) is 4. The van der Waals surface area contributed by atoms with Gasteiger partial charge in [-0.3, -0.25) is 0 Å². The molecule has 2 aliphatic rings. The molecule has 2 aliphatic carbocycles. The summed E-state index contributed by atoms with van der Waals surface area (Å²) in [5.41, 5.74) is 5.92. The van der Waals surface area contributed by atoms with E-state index in [2.05, 4.69) is 17.1 Å². The number of nitrogens with zero attached hydrogens (tertiary/aromatic N) is 2. The summed E-state index contributed by atoms with van der Waals surface area (Å²) in [6.45, 7) is 2.34. The van der Waals surface area contributed by atoms with Crippen molar-refractivity contribution in [2.75, 3.05) is 0 Å². The van der Waals surface area contributed by atoms with E-state index in [9.17, 15) is 0 Å². The highest BCUT2D eigenvalue weighted by atomic mass is 16.5. The minimum absolute atomic E-state index is 0.290. The van der Waals surface area contributed by atoms with Crippen LogP contribution in [0.2, 0.25) is 0 Å². The molecule has 0 radical (unpaired) electrons. The molecule has 18 heavy (non-hydrogen) atoms. The van der Waals surface area contributed by atoms with Gasteiger partial charge in [-0.25, -0.2) is 0 Å². The number of aromatic nitrogens is 2. The second-order valence-corrected chi connectivity index (χ2v) is 6.36. The molecule has 1 aromatic heterocycles. The van der Waals surface area contributed by atoms with Crippen LogP contribution in [0.4, 0.5) is 0 Å². The summed E-state index contributed by atoms with van der Waals surface area (Å²) < 4.78 is 5.38. The summed E-state index contributed by atoms with van der Waals surface area (Å²) >= 11 is 0. The second-order valence-electron chi connectivity index (χ2n) is 6.36. The average Bonchev–Trinajstić information content (AvgIpc) is 2.75. The van der Waals surface area contributed by atoms with Crippen molar-refractivity contribution in [3.63, 3.8) is 0 Å². The zero-order chi connectivity index (χ0) is 12.6. The van der Waals surface area contributed by atoms with Crippen molar-refractivity contribution >= 4 is 0 Å². The number of hydrogen-bond donors (Lipinski definition) is 1. The normalized spacial score (nSPS) is 31.0.